The Balaban J connectivity index is 5.08. The van der Waals surface area contributed by atoms with Gasteiger partial charge in [-0.3, -0.25) is 0 Å². The Bertz CT molecular complexity index is 316. The second kappa shape index (κ2) is 7.03. The van der Waals surface area contributed by atoms with Gasteiger partial charge in [-0.05, 0) is 41.5 Å². The van der Waals surface area contributed by atoms with E-state index >= 15 is 0 Å². The summed E-state index contributed by atoms with van der Waals surface area (Å²) in [6.07, 6.45) is -3.06. The summed E-state index contributed by atoms with van der Waals surface area (Å²) < 4.78 is 5.14. The van der Waals surface area contributed by atoms with Gasteiger partial charge < -0.3 is 20.1 Å². The molecule has 0 aliphatic rings. The van der Waals surface area contributed by atoms with Gasteiger partial charge in [-0.1, -0.05) is 5.57 Å². The first-order chi connectivity index (χ1) is 8.57. The summed E-state index contributed by atoms with van der Waals surface area (Å²) in [5.74, 6) is -0.508. The maximum Gasteiger partial charge on any atom is 0.333 e. The smallest absolute Gasteiger partial charge is 0.333 e. The van der Waals surface area contributed by atoms with Gasteiger partial charge in [-0.2, -0.15) is 0 Å². The zero-order chi connectivity index (χ0) is 15.4. The van der Waals surface area contributed by atoms with E-state index < -0.39 is 29.7 Å². The Labute approximate surface area is 114 Å². The van der Waals surface area contributed by atoms with Crippen molar-refractivity contribution in [1.29, 1.82) is 0 Å². The first kappa shape index (κ1) is 18.1. The molecule has 112 valence electrons. The molecule has 0 aliphatic heterocycles. The van der Waals surface area contributed by atoms with Crippen molar-refractivity contribution in [3.63, 3.8) is 0 Å². The highest BCUT2D eigenvalue weighted by Gasteiger charge is 2.46. The highest BCUT2D eigenvalue weighted by atomic mass is 16.5. The zero-order valence-corrected chi connectivity index (χ0v) is 12.6. The zero-order valence-electron chi connectivity index (χ0n) is 12.6. The summed E-state index contributed by atoms with van der Waals surface area (Å²) >= 11 is 0. The molecule has 0 aliphatic carbocycles. The van der Waals surface area contributed by atoms with E-state index in [0.717, 1.165) is 5.57 Å². The number of rotatable bonds is 6. The van der Waals surface area contributed by atoms with Crippen molar-refractivity contribution in [1.82, 2.24) is 0 Å². The summed E-state index contributed by atoms with van der Waals surface area (Å²) in [7, 11) is 0. The van der Waals surface area contributed by atoms with E-state index in [0.29, 0.717) is 5.57 Å². The first-order valence-electron chi connectivity index (χ1n) is 6.42. The highest BCUT2D eigenvalue weighted by Crippen LogP contribution is 2.32. The molecule has 3 unspecified atom stereocenters. The van der Waals surface area contributed by atoms with Crippen LogP contribution in [0.4, 0.5) is 0 Å². The molecule has 3 atom stereocenters. The van der Waals surface area contributed by atoms with E-state index in [-0.39, 0.29) is 6.61 Å². The SMILES string of the molecule is CC(C)=C(C)C(=O)OCC(C(C)O)(C(C)O)C(C)O. The fourth-order valence-corrected chi connectivity index (χ4v) is 1.91. The van der Waals surface area contributed by atoms with Gasteiger partial charge in [0.05, 0.1) is 23.7 Å². The van der Waals surface area contributed by atoms with Crippen LogP contribution in [0, 0.1) is 5.41 Å². The molecule has 0 aromatic heterocycles. The molecule has 0 heterocycles. The number of hydrogen-bond donors (Lipinski definition) is 3. The molecule has 0 radical (unpaired) electrons. The fourth-order valence-electron chi connectivity index (χ4n) is 1.91. The Morgan fingerprint density at radius 1 is 1.00 bits per heavy atom. The van der Waals surface area contributed by atoms with Crippen molar-refractivity contribution in [3.8, 4) is 0 Å². The van der Waals surface area contributed by atoms with Gasteiger partial charge in [0.2, 0.25) is 0 Å². The minimum Gasteiger partial charge on any atom is -0.461 e. The topological polar surface area (TPSA) is 87.0 Å². The molecule has 0 saturated heterocycles. The van der Waals surface area contributed by atoms with Crippen LogP contribution >= 0.6 is 0 Å². The van der Waals surface area contributed by atoms with Crippen molar-refractivity contribution in [2.24, 2.45) is 5.41 Å². The molecule has 0 rings (SSSR count). The van der Waals surface area contributed by atoms with E-state index in [1.807, 2.05) is 0 Å². The quantitative estimate of drug-likeness (QED) is 0.497. The van der Waals surface area contributed by atoms with Gasteiger partial charge in [0.1, 0.15) is 6.61 Å². The summed E-state index contributed by atoms with van der Waals surface area (Å²) in [5.41, 5.74) is 0.0230. The Morgan fingerprint density at radius 3 is 1.63 bits per heavy atom. The van der Waals surface area contributed by atoms with Crippen molar-refractivity contribution in [3.05, 3.63) is 11.1 Å². The largest absolute Gasteiger partial charge is 0.461 e. The second-order valence-corrected chi connectivity index (χ2v) is 5.34. The molecule has 0 saturated carbocycles. The van der Waals surface area contributed by atoms with Crippen LogP contribution in [0.1, 0.15) is 41.5 Å². The monoisotopic (exact) mass is 274 g/mol. The number of aliphatic hydroxyl groups excluding tert-OH is 3. The average molecular weight is 274 g/mol. The maximum absolute atomic E-state index is 11.8. The van der Waals surface area contributed by atoms with Crippen LogP contribution in [-0.2, 0) is 9.53 Å². The number of carbonyl (C=O) groups excluding carboxylic acids is 1. The van der Waals surface area contributed by atoms with Crippen LogP contribution in [0.2, 0.25) is 0 Å². The Hall–Kier alpha value is -0.910. The van der Waals surface area contributed by atoms with Crippen LogP contribution in [0.5, 0.6) is 0 Å². The standard InChI is InChI=1S/C14H26O5/c1-8(2)9(3)13(18)19-7-14(10(4)15,11(5)16)12(6)17/h10-12,15-17H,7H2,1-6H3. The molecule has 19 heavy (non-hydrogen) atoms. The lowest BCUT2D eigenvalue weighted by Crippen LogP contribution is -2.54. The number of ether oxygens (including phenoxy) is 1. The number of allylic oxidation sites excluding steroid dienone is 1. The number of aliphatic hydroxyl groups is 3. The lowest BCUT2D eigenvalue weighted by Gasteiger charge is -2.40. The third-order valence-corrected chi connectivity index (χ3v) is 3.84. The minimum absolute atomic E-state index is 0.247. The average Bonchev–Trinajstić information content (AvgIpc) is 2.26. The number of hydrogen-bond acceptors (Lipinski definition) is 5. The van der Waals surface area contributed by atoms with E-state index in [1.165, 1.54) is 20.8 Å². The van der Waals surface area contributed by atoms with Gasteiger partial charge in [-0.15, -0.1) is 0 Å². The van der Waals surface area contributed by atoms with Gasteiger partial charge in [-0.25, -0.2) is 4.79 Å². The summed E-state index contributed by atoms with van der Waals surface area (Å²) in [5, 5.41) is 29.5. The molecule has 0 aromatic carbocycles. The van der Waals surface area contributed by atoms with Crippen molar-refractivity contribution >= 4 is 5.97 Å². The third-order valence-electron chi connectivity index (χ3n) is 3.84. The van der Waals surface area contributed by atoms with Gasteiger partial charge >= 0.3 is 5.97 Å². The Kier molecular flexibility index (Phi) is 6.69. The number of carbonyl (C=O) groups is 1. The number of esters is 1. The van der Waals surface area contributed by atoms with Crippen LogP contribution < -0.4 is 0 Å². The van der Waals surface area contributed by atoms with Gasteiger partial charge in [0.15, 0.2) is 0 Å². The molecule has 0 aromatic rings. The molecule has 0 amide bonds. The summed E-state index contributed by atoms with van der Waals surface area (Å²) in [6.45, 7) is 9.36. The van der Waals surface area contributed by atoms with Gasteiger partial charge in [0, 0.05) is 5.57 Å². The highest BCUT2D eigenvalue weighted by molar-refractivity contribution is 5.88. The van der Waals surface area contributed by atoms with Crippen LogP contribution in [-0.4, -0.2) is 46.2 Å². The predicted molar refractivity (Wildman–Crippen MR) is 72.5 cm³/mol. The van der Waals surface area contributed by atoms with E-state index in [9.17, 15) is 20.1 Å². The van der Waals surface area contributed by atoms with Crippen molar-refractivity contribution in [2.75, 3.05) is 6.61 Å². The van der Waals surface area contributed by atoms with E-state index in [4.69, 9.17) is 4.74 Å². The summed E-state index contributed by atoms with van der Waals surface area (Å²) in [6, 6.07) is 0. The molecule has 0 spiro atoms. The van der Waals surface area contributed by atoms with Crippen molar-refractivity contribution in [2.45, 2.75) is 59.9 Å². The van der Waals surface area contributed by atoms with Crippen LogP contribution in [0.15, 0.2) is 11.1 Å². The van der Waals surface area contributed by atoms with Gasteiger partial charge in [0.25, 0.3) is 0 Å². The fraction of sp³-hybridized carbons (Fsp3) is 0.786. The molecule has 0 fully saturated rings. The lowest BCUT2D eigenvalue weighted by molar-refractivity contribution is -0.169. The minimum atomic E-state index is -1.29. The third kappa shape index (κ3) is 4.03. The van der Waals surface area contributed by atoms with E-state index in [2.05, 4.69) is 0 Å². The Morgan fingerprint density at radius 2 is 1.37 bits per heavy atom. The lowest BCUT2D eigenvalue weighted by atomic mass is 9.74. The van der Waals surface area contributed by atoms with Crippen LogP contribution in [0.3, 0.4) is 0 Å². The predicted octanol–water partition coefficient (Wildman–Crippen LogP) is 1.01. The van der Waals surface area contributed by atoms with E-state index in [1.54, 1.807) is 20.8 Å². The molecular formula is C14H26O5. The molecular weight excluding hydrogens is 248 g/mol. The molecule has 5 nitrogen and oxygen atoms in total. The van der Waals surface area contributed by atoms with Crippen molar-refractivity contribution < 1.29 is 24.9 Å². The molecule has 3 N–H and O–H groups in total. The molecule has 0 bridgehead atoms. The second-order valence-electron chi connectivity index (χ2n) is 5.34. The first-order valence-corrected chi connectivity index (χ1v) is 6.42. The van der Waals surface area contributed by atoms with Crippen LogP contribution in [0.25, 0.3) is 0 Å². The normalized spacial score (nSPS) is 19.0. The molecule has 5 heteroatoms. The maximum atomic E-state index is 11.8. The summed E-state index contributed by atoms with van der Waals surface area (Å²) in [4.78, 5) is 11.8.